The van der Waals surface area contributed by atoms with Crippen LogP contribution in [0, 0.1) is 0 Å². The van der Waals surface area contributed by atoms with Gasteiger partial charge in [-0.2, -0.15) is 0 Å². The third kappa shape index (κ3) is 2.63. The third-order valence-corrected chi connectivity index (χ3v) is 3.20. The lowest BCUT2D eigenvalue weighted by molar-refractivity contribution is 0.627. The molecule has 3 heteroatoms. The van der Waals surface area contributed by atoms with Crippen LogP contribution in [0.2, 0.25) is 0 Å². The molecule has 2 heterocycles. The summed E-state index contributed by atoms with van der Waals surface area (Å²) >= 11 is 0. The summed E-state index contributed by atoms with van der Waals surface area (Å²) in [5, 5.41) is 0.848. The van der Waals surface area contributed by atoms with E-state index in [2.05, 4.69) is 16.6 Å². The number of fused-ring (bicyclic) bond motifs is 1. The topological polar surface area (TPSA) is 38.4 Å². The summed E-state index contributed by atoms with van der Waals surface area (Å²) in [6.07, 6.45) is 5.27. The Bertz CT molecular complexity index is 910. The highest BCUT2D eigenvalue weighted by atomic mass is 16.3. The predicted octanol–water partition coefficient (Wildman–Crippen LogP) is 4.95. The maximum Gasteiger partial charge on any atom is 0.219 e. The molecular formula is C18H16N2O. The van der Waals surface area contributed by atoms with Crippen LogP contribution in [0.1, 0.15) is 16.5 Å². The Balaban J connectivity index is 2.06. The van der Waals surface area contributed by atoms with Gasteiger partial charge in [-0.15, -0.1) is 6.58 Å². The molecule has 0 saturated heterocycles. The summed E-state index contributed by atoms with van der Waals surface area (Å²) in [7, 11) is 0. The number of aromatic nitrogens is 1. The van der Waals surface area contributed by atoms with Crippen molar-refractivity contribution in [1.29, 1.82) is 0 Å². The molecule has 2 aromatic heterocycles. The number of rotatable bonds is 4. The Morgan fingerprint density at radius 3 is 3.19 bits per heavy atom. The first-order valence-corrected chi connectivity index (χ1v) is 6.60. The summed E-state index contributed by atoms with van der Waals surface area (Å²) in [5.74, 6) is 0.260. The van der Waals surface area contributed by atoms with Crippen molar-refractivity contribution in [1.82, 2.24) is 4.98 Å². The SMILES string of the molecule is [2H]C([2H])([2H])/C=N/c1cc2cccc(-c3cc(CC=C)ccn3)c2o1. The molecule has 0 radical (unpaired) electrons. The fraction of sp³-hybridized carbons (Fsp3) is 0.111. The van der Waals surface area contributed by atoms with Gasteiger partial charge in [-0.1, -0.05) is 18.2 Å². The fourth-order valence-electron chi connectivity index (χ4n) is 2.29. The van der Waals surface area contributed by atoms with Crippen molar-refractivity contribution in [3.05, 3.63) is 60.8 Å². The van der Waals surface area contributed by atoms with Crippen LogP contribution in [0.4, 0.5) is 5.88 Å². The molecule has 3 rings (SSSR count). The molecule has 0 aliphatic rings. The first kappa shape index (κ1) is 10.1. The number of hydrogen-bond acceptors (Lipinski definition) is 3. The molecule has 0 amide bonds. The Morgan fingerprint density at radius 2 is 2.33 bits per heavy atom. The molecule has 21 heavy (non-hydrogen) atoms. The second-order valence-corrected chi connectivity index (χ2v) is 4.61. The van der Waals surface area contributed by atoms with Crippen LogP contribution in [0.3, 0.4) is 0 Å². The van der Waals surface area contributed by atoms with E-state index in [4.69, 9.17) is 8.53 Å². The molecule has 0 aliphatic carbocycles. The van der Waals surface area contributed by atoms with Crippen molar-refractivity contribution in [2.24, 2.45) is 4.99 Å². The minimum absolute atomic E-state index is 0.260. The number of hydrogen-bond donors (Lipinski definition) is 0. The summed E-state index contributed by atoms with van der Waals surface area (Å²) in [6, 6.07) is 11.4. The normalized spacial score (nSPS) is 14.0. The molecular weight excluding hydrogens is 260 g/mol. The smallest absolute Gasteiger partial charge is 0.219 e. The first-order chi connectivity index (χ1) is 11.5. The van der Waals surface area contributed by atoms with Gasteiger partial charge in [0.1, 0.15) is 5.58 Å². The van der Waals surface area contributed by atoms with Gasteiger partial charge in [-0.05, 0) is 37.0 Å². The molecule has 0 unspecified atom stereocenters. The van der Waals surface area contributed by atoms with Crippen LogP contribution in [0.15, 0.2) is 64.7 Å². The van der Waals surface area contributed by atoms with Gasteiger partial charge in [0.25, 0.3) is 0 Å². The number of allylic oxidation sites excluding steroid dienone is 1. The van der Waals surface area contributed by atoms with Crippen LogP contribution in [-0.4, -0.2) is 11.2 Å². The summed E-state index contributed by atoms with van der Waals surface area (Å²) in [4.78, 5) is 8.32. The minimum atomic E-state index is -2.23. The van der Waals surface area contributed by atoms with E-state index in [9.17, 15) is 0 Å². The van der Waals surface area contributed by atoms with Crippen molar-refractivity contribution >= 4 is 23.1 Å². The lowest BCUT2D eigenvalue weighted by atomic mass is 10.1. The van der Waals surface area contributed by atoms with Crippen LogP contribution in [-0.2, 0) is 6.42 Å². The highest BCUT2D eigenvalue weighted by Gasteiger charge is 2.10. The van der Waals surface area contributed by atoms with E-state index < -0.39 is 6.85 Å². The number of para-hydroxylation sites is 1. The van der Waals surface area contributed by atoms with Gasteiger partial charge in [0.05, 0.1) is 5.69 Å². The Hall–Kier alpha value is -2.68. The predicted molar refractivity (Wildman–Crippen MR) is 87.2 cm³/mol. The molecule has 3 aromatic rings. The zero-order valence-corrected chi connectivity index (χ0v) is 11.4. The molecule has 104 valence electrons. The minimum Gasteiger partial charge on any atom is -0.438 e. The van der Waals surface area contributed by atoms with Gasteiger partial charge in [0, 0.05) is 33.5 Å². The van der Waals surface area contributed by atoms with Crippen molar-refractivity contribution < 1.29 is 8.53 Å². The molecule has 0 aliphatic heterocycles. The van der Waals surface area contributed by atoms with Crippen LogP contribution < -0.4 is 0 Å². The lowest BCUT2D eigenvalue weighted by Gasteiger charge is -2.04. The summed E-state index contributed by atoms with van der Waals surface area (Å²) in [6.45, 7) is 1.52. The zero-order chi connectivity index (χ0) is 17.2. The number of aliphatic imine (C=N–C) groups is 1. The van der Waals surface area contributed by atoms with Gasteiger partial charge in [0.2, 0.25) is 5.88 Å². The molecule has 0 N–H and O–H groups in total. The summed E-state index contributed by atoms with van der Waals surface area (Å²) < 4.78 is 27.3. The van der Waals surface area contributed by atoms with E-state index in [0.717, 1.165) is 34.8 Å². The number of benzene rings is 1. The fourth-order valence-corrected chi connectivity index (χ4v) is 2.29. The van der Waals surface area contributed by atoms with E-state index in [1.807, 2.05) is 36.4 Å². The third-order valence-electron chi connectivity index (χ3n) is 3.20. The van der Waals surface area contributed by atoms with E-state index in [1.165, 1.54) is 0 Å². The lowest BCUT2D eigenvalue weighted by Crippen LogP contribution is -1.87. The van der Waals surface area contributed by atoms with Crippen molar-refractivity contribution in [3.8, 4) is 11.3 Å². The molecule has 0 saturated carbocycles. The van der Waals surface area contributed by atoms with Gasteiger partial charge >= 0.3 is 0 Å². The summed E-state index contributed by atoms with van der Waals surface area (Å²) in [5.41, 5.74) is 3.38. The molecule has 1 aromatic carbocycles. The molecule has 0 atom stereocenters. The number of pyridine rings is 1. The van der Waals surface area contributed by atoms with E-state index in [0.29, 0.717) is 5.58 Å². The average molecular weight is 279 g/mol. The molecule has 0 fully saturated rings. The molecule has 3 nitrogen and oxygen atoms in total. The molecule has 0 spiro atoms. The Morgan fingerprint density at radius 1 is 1.38 bits per heavy atom. The average Bonchev–Trinajstić information content (AvgIpc) is 2.96. The highest BCUT2D eigenvalue weighted by Crippen LogP contribution is 2.33. The quantitative estimate of drug-likeness (QED) is 0.501. The van der Waals surface area contributed by atoms with E-state index >= 15 is 0 Å². The van der Waals surface area contributed by atoms with Gasteiger partial charge in [-0.25, -0.2) is 4.99 Å². The monoisotopic (exact) mass is 279 g/mol. The van der Waals surface area contributed by atoms with Crippen LogP contribution >= 0.6 is 0 Å². The second kappa shape index (κ2) is 5.75. The zero-order valence-electron chi connectivity index (χ0n) is 14.4. The van der Waals surface area contributed by atoms with Crippen molar-refractivity contribution in [3.63, 3.8) is 0 Å². The Kier molecular flexibility index (Phi) is 2.77. The van der Waals surface area contributed by atoms with Gasteiger partial charge in [0.15, 0.2) is 0 Å². The van der Waals surface area contributed by atoms with E-state index in [1.54, 1.807) is 12.3 Å². The maximum absolute atomic E-state index is 7.18. The van der Waals surface area contributed by atoms with Gasteiger partial charge in [-0.3, -0.25) is 4.98 Å². The standard InChI is InChI=1S/C18H16N2O/c1-3-6-13-9-10-20-16(11-13)15-8-5-7-14-12-17(19-4-2)21-18(14)15/h3-5,7-12H,1,6H2,2H3/b19-4+/i2D3. The van der Waals surface area contributed by atoms with Gasteiger partial charge < -0.3 is 4.42 Å². The van der Waals surface area contributed by atoms with Crippen LogP contribution in [0.5, 0.6) is 0 Å². The van der Waals surface area contributed by atoms with Crippen LogP contribution in [0.25, 0.3) is 22.2 Å². The number of nitrogens with zero attached hydrogens (tertiary/aromatic N) is 2. The Labute approximate surface area is 127 Å². The number of furan rings is 1. The maximum atomic E-state index is 7.18. The molecule has 0 bridgehead atoms. The van der Waals surface area contributed by atoms with Crippen molar-refractivity contribution in [2.45, 2.75) is 13.3 Å². The second-order valence-electron chi connectivity index (χ2n) is 4.61. The van der Waals surface area contributed by atoms with E-state index in [-0.39, 0.29) is 5.88 Å². The highest BCUT2D eigenvalue weighted by molar-refractivity contribution is 5.93. The first-order valence-electron chi connectivity index (χ1n) is 8.10. The van der Waals surface area contributed by atoms with Crippen molar-refractivity contribution in [2.75, 3.05) is 0 Å². The largest absolute Gasteiger partial charge is 0.438 e.